The molecule has 0 saturated carbocycles. The van der Waals surface area contributed by atoms with Gasteiger partial charge in [-0.3, -0.25) is 4.79 Å². The van der Waals surface area contributed by atoms with Crippen molar-refractivity contribution in [2.24, 2.45) is 0 Å². The van der Waals surface area contributed by atoms with Crippen molar-refractivity contribution in [1.82, 2.24) is 0 Å². The molecule has 0 saturated heterocycles. The second-order valence-corrected chi connectivity index (χ2v) is 3.47. The molecule has 0 aromatic heterocycles. The Labute approximate surface area is 95.4 Å². The molecule has 0 spiro atoms. The minimum absolute atomic E-state index is 0.00178. The topological polar surface area (TPSA) is 46.5 Å². The van der Waals surface area contributed by atoms with Crippen LogP contribution in [0.2, 0.25) is 0 Å². The van der Waals surface area contributed by atoms with E-state index in [1.165, 1.54) is 12.7 Å². The van der Waals surface area contributed by atoms with E-state index in [-0.39, 0.29) is 6.42 Å². The maximum Gasteiger partial charge on any atom is 0.308 e. The zero-order chi connectivity index (χ0) is 11.8. The van der Waals surface area contributed by atoms with Crippen LogP contribution >= 0.6 is 0 Å². The Kier molecular flexibility index (Phi) is 5.29. The summed E-state index contributed by atoms with van der Waals surface area (Å²) in [4.78, 5) is 10.8. The standard InChI is InChI=1S/C13H16O3/c1-16-13(15)10-12(14)9-5-8-11-6-3-2-4-7-11/h2-7,9,12,14H,8,10H2,1H3/b9-5+/t12-/m0/s1. The quantitative estimate of drug-likeness (QED) is 0.607. The minimum Gasteiger partial charge on any atom is -0.469 e. The van der Waals surface area contributed by atoms with E-state index in [9.17, 15) is 9.90 Å². The van der Waals surface area contributed by atoms with Gasteiger partial charge in [0.1, 0.15) is 0 Å². The maximum atomic E-state index is 10.8. The van der Waals surface area contributed by atoms with Crippen LogP contribution in [0.25, 0.3) is 0 Å². The van der Waals surface area contributed by atoms with Gasteiger partial charge < -0.3 is 9.84 Å². The van der Waals surface area contributed by atoms with Crippen molar-refractivity contribution in [3.05, 3.63) is 48.0 Å². The number of hydrogen-bond acceptors (Lipinski definition) is 3. The molecule has 0 radical (unpaired) electrons. The van der Waals surface area contributed by atoms with Gasteiger partial charge >= 0.3 is 5.97 Å². The molecule has 1 aromatic carbocycles. The van der Waals surface area contributed by atoms with E-state index >= 15 is 0 Å². The highest BCUT2D eigenvalue weighted by Gasteiger charge is 2.06. The smallest absolute Gasteiger partial charge is 0.308 e. The molecule has 0 fully saturated rings. The van der Waals surface area contributed by atoms with Gasteiger partial charge in [-0.15, -0.1) is 0 Å². The molecule has 0 bridgehead atoms. The van der Waals surface area contributed by atoms with E-state index in [2.05, 4.69) is 4.74 Å². The Bertz CT molecular complexity index is 343. The van der Waals surface area contributed by atoms with Gasteiger partial charge in [0.25, 0.3) is 0 Å². The van der Waals surface area contributed by atoms with E-state index in [1.54, 1.807) is 6.08 Å². The summed E-state index contributed by atoms with van der Waals surface area (Å²) in [5, 5.41) is 9.44. The number of aliphatic hydroxyl groups excluding tert-OH is 1. The maximum absolute atomic E-state index is 10.8. The highest BCUT2D eigenvalue weighted by Crippen LogP contribution is 2.02. The van der Waals surface area contributed by atoms with E-state index < -0.39 is 12.1 Å². The van der Waals surface area contributed by atoms with Crippen LogP contribution in [0, 0.1) is 0 Å². The summed E-state index contributed by atoms with van der Waals surface area (Å²) in [7, 11) is 1.31. The molecule has 1 atom stereocenters. The van der Waals surface area contributed by atoms with Crippen molar-refractivity contribution in [3.8, 4) is 0 Å². The van der Waals surface area contributed by atoms with Crippen LogP contribution in [0.15, 0.2) is 42.5 Å². The van der Waals surface area contributed by atoms with Gasteiger partial charge in [0.05, 0.1) is 19.6 Å². The van der Waals surface area contributed by atoms with Crippen molar-refractivity contribution < 1.29 is 14.6 Å². The number of carbonyl (C=O) groups is 1. The van der Waals surface area contributed by atoms with Crippen LogP contribution in [-0.2, 0) is 16.0 Å². The lowest BCUT2D eigenvalue weighted by Gasteiger charge is -2.03. The summed E-state index contributed by atoms with van der Waals surface area (Å²) in [5.41, 5.74) is 1.17. The first-order valence-corrected chi connectivity index (χ1v) is 5.18. The van der Waals surface area contributed by atoms with Crippen molar-refractivity contribution >= 4 is 5.97 Å². The van der Waals surface area contributed by atoms with Gasteiger partial charge in [0.15, 0.2) is 0 Å². The number of esters is 1. The Morgan fingerprint density at radius 1 is 1.44 bits per heavy atom. The number of benzene rings is 1. The second kappa shape index (κ2) is 6.80. The van der Waals surface area contributed by atoms with Gasteiger partial charge in [0, 0.05) is 0 Å². The summed E-state index contributed by atoms with van der Waals surface area (Å²) in [6.07, 6.45) is 3.45. The van der Waals surface area contributed by atoms with Crippen LogP contribution in [0.1, 0.15) is 12.0 Å². The molecule has 3 heteroatoms. The molecule has 1 aromatic rings. The molecule has 0 heterocycles. The molecule has 86 valence electrons. The Morgan fingerprint density at radius 3 is 2.75 bits per heavy atom. The third-order valence-electron chi connectivity index (χ3n) is 2.16. The highest BCUT2D eigenvalue weighted by atomic mass is 16.5. The number of methoxy groups -OCH3 is 1. The average molecular weight is 220 g/mol. The molecule has 1 rings (SSSR count). The fourth-order valence-electron chi connectivity index (χ4n) is 1.30. The summed E-state index contributed by atoms with van der Waals surface area (Å²) >= 11 is 0. The zero-order valence-corrected chi connectivity index (χ0v) is 9.30. The van der Waals surface area contributed by atoms with Crippen molar-refractivity contribution in [2.45, 2.75) is 18.9 Å². The Balaban J connectivity index is 2.34. The Morgan fingerprint density at radius 2 is 2.12 bits per heavy atom. The van der Waals surface area contributed by atoms with Crippen LogP contribution in [0.3, 0.4) is 0 Å². The molecule has 0 aliphatic heterocycles. The number of carbonyl (C=O) groups excluding carboxylic acids is 1. The SMILES string of the molecule is COC(=O)C[C@@H](O)/C=C/Cc1ccccc1. The molecule has 1 N–H and O–H groups in total. The fraction of sp³-hybridized carbons (Fsp3) is 0.308. The summed E-state index contributed by atoms with van der Waals surface area (Å²) in [5.74, 6) is -0.406. The van der Waals surface area contributed by atoms with Crippen molar-refractivity contribution in [1.29, 1.82) is 0 Å². The number of allylic oxidation sites excluding steroid dienone is 1. The number of aliphatic hydroxyl groups is 1. The largest absolute Gasteiger partial charge is 0.469 e. The normalized spacial score (nSPS) is 12.6. The molecule has 0 amide bonds. The first-order chi connectivity index (χ1) is 7.72. The van der Waals surface area contributed by atoms with Crippen molar-refractivity contribution in [2.75, 3.05) is 7.11 Å². The van der Waals surface area contributed by atoms with Crippen LogP contribution in [-0.4, -0.2) is 24.3 Å². The Hall–Kier alpha value is -1.61. The third kappa shape index (κ3) is 4.75. The number of ether oxygens (including phenoxy) is 1. The van der Waals surface area contributed by atoms with E-state index in [0.717, 1.165) is 6.42 Å². The van der Waals surface area contributed by atoms with Crippen LogP contribution < -0.4 is 0 Å². The molecule has 16 heavy (non-hydrogen) atoms. The van der Waals surface area contributed by atoms with E-state index in [1.807, 2.05) is 36.4 Å². The summed E-state index contributed by atoms with van der Waals surface area (Å²) < 4.78 is 4.45. The average Bonchev–Trinajstić information content (AvgIpc) is 2.30. The molecular formula is C13H16O3. The molecule has 0 aliphatic carbocycles. The van der Waals surface area contributed by atoms with E-state index in [4.69, 9.17) is 0 Å². The van der Waals surface area contributed by atoms with Gasteiger partial charge in [-0.2, -0.15) is 0 Å². The zero-order valence-electron chi connectivity index (χ0n) is 9.30. The second-order valence-electron chi connectivity index (χ2n) is 3.47. The predicted octanol–water partition coefficient (Wildman–Crippen LogP) is 1.71. The number of rotatable bonds is 5. The van der Waals surface area contributed by atoms with Crippen LogP contribution in [0.4, 0.5) is 0 Å². The number of hydrogen-bond donors (Lipinski definition) is 1. The van der Waals surface area contributed by atoms with E-state index in [0.29, 0.717) is 0 Å². The first-order valence-electron chi connectivity index (χ1n) is 5.18. The molecule has 0 aliphatic rings. The molecule has 0 unspecified atom stereocenters. The molecule has 3 nitrogen and oxygen atoms in total. The van der Waals surface area contributed by atoms with Gasteiger partial charge in [-0.05, 0) is 12.0 Å². The van der Waals surface area contributed by atoms with Gasteiger partial charge in [0.2, 0.25) is 0 Å². The van der Waals surface area contributed by atoms with Crippen molar-refractivity contribution in [3.63, 3.8) is 0 Å². The lowest BCUT2D eigenvalue weighted by atomic mass is 10.1. The third-order valence-corrected chi connectivity index (χ3v) is 2.16. The lowest BCUT2D eigenvalue weighted by Crippen LogP contribution is -2.11. The van der Waals surface area contributed by atoms with Gasteiger partial charge in [-0.1, -0.05) is 42.5 Å². The lowest BCUT2D eigenvalue weighted by molar-refractivity contribution is -0.142. The monoisotopic (exact) mass is 220 g/mol. The summed E-state index contributed by atoms with van der Waals surface area (Å²) in [6.45, 7) is 0. The summed E-state index contributed by atoms with van der Waals surface area (Å²) in [6, 6.07) is 9.91. The highest BCUT2D eigenvalue weighted by molar-refractivity contribution is 5.70. The fourth-order valence-corrected chi connectivity index (χ4v) is 1.30. The van der Waals surface area contributed by atoms with Crippen LogP contribution in [0.5, 0.6) is 0 Å². The first kappa shape index (κ1) is 12.5. The molecular weight excluding hydrogens is 204 g/mol. The minimum atomic E-state index is -0.767. The van der Waals surface area contributed by atoms with Gasteiger partial charge in [-0.25, -0.2) is 0 Å². The predicted molar refractivity (Wildman–Crippen MR) is 61.9 cm³/mol.